The van der Waals surface area contributed by atoms with E-state index in [4.69, 9.17) is 19.2 Å². The SMILES string of the molecule is COC(=O)[C@H](N=C(c1ccccc1)c1ccccc1)[C@@H](NC(=O)OC(C)(C)C)c1ccc(OC)cc1. The van der Waals surface area contributed by atoms with E-state index in [0.29, 0.717) is 17.0 Å². The van der Waals surface area contributed by atoms with Crippen LogP contribution >= 0.6 is 0 Å². The number of rotatable bonds is 8. The highest BCUT2D eigenvalue weighted by Gasteiger charge is 2.34. The quantitative estimate of drug-likeness (QED) is 0.342. The third-order valence-electron chi connectivity index (χ3n) is 5.27. The van der Waals surface area contributed by atoms with Gasteiger partial charge < -0.3 is 19.5 Å². The van der Waals surface area contributed by atoms with Crippen molar-refractivity contribution in [2.24, 2.45) is 4.99 Å². The van der Waals surface area contributed by atoms with Crippen LogP contribution in [0.25, 0.3) is 0 Å². The van der Waals surface area contributed by atoms with Crippen LogP contribution in [0.3, 0.4) is 0 Å². The van der Waals surface area contributed by atoms with Gasteiger partial charge in [0, 0.05) is 11.1 Å². The number of ether oxygens (including phenoxy) is 3. The Morgan fingerprint density at radius 3 is 1.78 bits per heavy atom. The molecule has 0 aliphatic carbocycles. The maximum Gasteiger partial charge on any atom is 0.408 e. The molecule has 0 aliphatic heterocycles. The second-order valence-electron chi connectivity index (χ2n) is 9.07. The van der Waals surface area contributed by atoms with Crippen molar-refractivity contribution >= 4 is 17.8 Å². The van der Waals surface area contributed by atoms with Crippen LogP contribution in [0.4, 0.5) is 4.79 Å². The Bertz CT molecular complexity index is 1130. The Labute approximate surface area is 212 Å². The van der Waals surface area contributed by atoms with Crippen LogP contribution in [0, 0.1) is 0 Å². The van der Waals surface area contributed by atoms with Gasteiger partial charge in [0.1, 0.15) is 11.4 Å². The number of amides is 1. The topological polar surface area (TPSA) is 86.2 Å². The van der Waals surface area contributed by atoms with Crippen molar-refractivity contribution in [3.8, 4) is 5.75 Å². The lowest BCUT2D eigenvalue weighted by molar-refractivity contribution is -0.142. The summed E-state index contributed by atoms with van der Waals surface area (Å²) >= 11 is 0. The van der Waals surface area contributed by atoms with Gasteiger partial charge in [-0.25, -0.2) is 9.59 Å². The summed E-state index contributed by atoms with van der Waals surface area (Å²) in [5.41, 5.74) is 2.15. The lowest BCUT2D eigenvalue weighted by atomic mass is 9.97. The molecule has 0 radical (unpaired) electrons. The average Bonchev–Trinajstić information content (AvgIpc) is 2.88. The number of nitrogens with zero attached hydrogens (tertiary/aromatic N) is 1. The smallest absolute Gasteiger partial charge is 0.408 e. The highest BCUT2D eigenvalue weighted by molar-refractivity contribution is 6.13. The molecule has 3 rings (SSSR count). The molecule has 0 unspecified atom stereocenters. The molecular weight excluding hydrogens is 456 g/mol. The number of carbonyl (C=O) groups is 2. The van der Waals surface area contributed by atoms with Crippen molar-refractivity contribution in [2.75, 3.05) is 14.2 Å². The Kier molecular flexibility index (Phi) is 8.84. The summed E-state index contributed by atoms with van der Waals surface area (Å²) in [5, 5.41) is 2.84. The van der Waals surface area contributed by atoms with Crippen LogP contribution in [0.2, 0.25) is 0 Å². The third-order valence-corrected chi connectivity index (χ3v) is 5.27. The lowest BCUT2D eigenvalue weighted by Gasteiger charge is -2.27. The van der Waals surface area contributed by atoms with Crippen molar-refractivity contribution < 1.29 is 23.8 Å². The minimum absolute atomic E-state index is 0.594. The van der Waals surface area contributed by atoms with Crippen LogP contribution in [0.5, 0.6) is 5.75 Å². The lowest BCUT2D eigenvalue weighted by Crippen LogP contribution is -2.42. The van der Waals surface area contributed by atoms with E-state index in [9.17, 15) is 9.59 Å². The van der Waals surface area contributed by atoms with Gasteiger partial charge in [-0.15, -0.1) is 0 Å². The second-order valence-corrected chi connectivity index (χ2v) is 9.07. The van der Waals surface area contributed by atoms with Gasteiger partial charge in [-0.1, -0.05) is 72.8 Å². The summed E-state index contributed by atoms with van der Waals surface area (Å²) in [6, 6.07) is 24.2. The Morgan fingerprint density at radius 2 is 1.33 bits per heavy atom. The van der Waals surface area contributed by atoms with E-state index >= 15 is 0 Å². The van der Waals surface area contributed by atoms with Crippen LogP contribution in [-0.4, -0.2) is 43.6 Å². The van der Waals surface area contributed by atoms with Gasteiger partial charge in [0.25, 0.3) is 0 Å². The third kappa shape index (κ3) is 7.18. The first-order valence-electron chi connectivity index (χ1n) is 11.6. The van der Waals surface area contributed by atoms with Gasteiger partial charge in [-0.05, 0) is 38.5 Å². The van der Waals surface area contributed by atoms with Gasteiger partial charge in [0.15, 0.2) is 6.04 Å². The van der Waals surface area contributed by atoms with Crippen LogP contribution < -0.4 is 10.1 Å². The Morgan fingerprint density at radius 1 is 0.806 bits per heavy atom. The van der Waals surface area contributed by atoms with Crippen molar-refractivity contribution in [2.45, 2.75) is 38.5 Å². The number of esters is 1. The van der Waals surface area contributed by atoms with Crippen molar-refractivity contribution in [3.05, 3.63) is 102 Å². The number of nitrogens with one attached hydrogen (secondary N) is 1. The molecule has 0 heterocycles. The van der Waals surface area contributed by atoms with E-state index in [0.717, 1.165) is 11.1 Å². The van der Waals surface area contributed by atoms with Crippen LogP contribution in [0.15, 0.2) is 89.9 Å². The van der Waals surface area contributed by atoms with E-state index in [-0.39, 0.29) is 0 Å². The summed E-state index contributed by atoms with van der Waals surface area (Å²) < 4.78 is 15.9. The first-order chi connectivity index (χ1) is 17.2. The first-order valence-corrected chi connectivity index (χ1v) is 11.6. The highest BCUT2D eigenvalue weighted by Crippen LogP contribution is 2.26. The number of carbonyl (C=O) groups excluding carboxylic acids is 2. The van der Waals surface area contributed by atoms with E-state index in [1.54, 1.807) is 52.1 Å². The zero-order chi connectivity index (χ0) is 26.1. The molecule has 0 saturated heterocycles. The monoisotopic (exact) mass is 488 g/mol. The molecule has 0 spiro atoms. The Hall–Kier alpha value is -4.13. The maximum atomic E-state index is 13.2. The largest absolute Gasteiger partial charge is 0.497 e. The molecule has 7 nitrogen and oxygen atoms in total. The molecule has 1 amide bonds. The standard InChI is InChI=1S/C29H32N2O5/c1-29(2,3)36-28(33)31-25(22-16-18-23(34-4)19-17-22)26(27(32)35-5)30-24(20-12-8-6-9-13-20)21-14-10-7-11-15-21/h6-19,25-26H,1-5H3,(H,31,33)/t25-,26+/m0/s1. The number of hydrogen-bond acceptors (Lipinski definition) is 6. The molecule has 2 atom stereocenters. The number of methoxy groups -OCH3 is 2. The zero-order valence-corrected chi connectivity index (χ0v) is 21.2. The molecule has 7 heteroatoms. The number of hydrogen-bond donors (Lipinski definition) is 1. The van der Waals surface area contributed by atoms with Gasteiger partial charge in [-0.3, -0.25) is 4.99 Å². The first kappa shape index (κ1) is 26.5. The summed E-state index contributed by atoms with van der Waals surface area (Å²) in [5.74, 6) is 0.0402. The number of alkyl carbamates (subject to hydrolysis) is 1. The molecule has 0 saturated carbocycles. The van der Waals surface area contributed by atoms with Gasteiger partial charge >= 0.3 is 12.1 Å². The van der Waals surface area contributed by atoms with Crippen molar-refractivity contribution in [1.82, 2.24) is 5.32 Å². The normalized spacial score (nSPS) is 12.6. The molecule has 36 heavy (non-hydrogen) atoms. The molecule has 1 N–H and O–H groups in total. The summed E-state index contributed by atoms with van der Waals surface area (Å²) in [6.07, 6.45) is -0.673. The fourth-order valence-corrected chi connectivity index (χ4v) is 3.62. The highest BCUT2D eigenvalue weighted by atomic mass is 16.6. The maximum absolute atomic E-state index is 13.2. The molecular formula is C29H32N2O5. The van der Waals surface area contributed by atoms with E-state index in [1.165, 1.54) is 7.11 Å². The predicted octanol–water partition coefficient (Wildman–Crippen LogP) is 5.34. The number of benzene rings is 3. The minimum atomic E-state index is -1.11. The predicted molar refractivity (Wildman–Crippen MR) is 139 cm³/mol. The summed E-state index contributed by atoms with van der Waals surface area (Å²) in [7, 11) is 2.87. The molecule has 0 aliphatic rings. The van der Waals surface area contributed by atoms with Crippen LogP contribution in [0.1, 0.15) is 43.5 Å². The van der Waals surface area contributed by atoms with Gasteiger partial charge in [0.05, 0.1) is 26.0 Å². The molecule has 0 fully saturated rings. The number of aliphatic imine (C=N–C) groups is 1. The molecule has 0 bridgehead atoms. The molecule has 3 aromatic rings. The second kappa shape index (κ2) is 12.0. The van der Waals surface area contributed by atoms with Crippen molar-refractivity contribution in [1.29, 1.82) is 0 Å². The molecule has 188 valence electrons. The molecule has 3 aromatic carbocycles. The minimum Gasteiger partial charge on any atom is -0.497 e. The van der Waals surface area contributed by atoms with Gasteiger partial charge in [-0.2, -0.15) is 0 Å². The van der Waals surface area contributed by atoms with E-state index < -0.39 is 29.7 Å². The van der Waals surface area contributed by atoms with Crippen molar-refractivity contribution in [3.63, 3.8) is 0 Å². The van der Waals surface area contributed by atoms with Crippen LogP contribution in [-0.2, 0) is 14.3 Å². The fourth-order valence-electron chi connectivity index (χ4n) is 3.62. The average molecular weight is 489 g/mol. The Balaban J connectivity index is 2.16. The zero-order valence-electron chi connectivity index (χ0n) is 21.2. The fraction of sp³-hybridized carbons (Fsp3) is 0.276. The summed E-state index contributed by atoms with van der Waals surface area (Å²) in [4.78, 5) is 30.9. The van der Waals surface area contributed by atoms with Gasteiger partial charge in [0.2, 0.25) is 0 Å². The van der Waals surface area contributed by atoms with E-state index in [2.05, 4.69) is 5.32 Å². The summed E-state index contributed by atoms with van der Waals surface area (Å²) in [6.45, 7) is 5.31. The van der Waals surface area contributed by atoms with E-state index in [1.807, 2.05) is 60.7 Å². The molecule has 0 aromatic heterocycles.